The summed E-state index contributed by atoms with van der Waals surface area (Å²) in [5.41, 5.74) is 3.37. The van der Waals surface area contributed by atoms with Crippen LogP contribution in [-0.4, -0.2) is 25.8 Å². The predicted octanol–water partition coefficient (Wildman–Crippen LogP) is 4.41. The molecule has 32 heavy (non-hydrogen) atoms. The summed E-state index contributed by atoms with van der Waals surface area (Å²) in [6, 6.07) is 17.7. The summed E-state index contributed by atoms with van der Waals surface area (Å²) >= 11 is 6.00. The molecule has 2 heterocycles. The third kappa shape index (κ3) is 4.00. The molecule has 0 bridgehead atoms. The number of aromatic amines is 1. The van der Waals surface area contributed by atoms with Crippen LogP contribution in [0, 0.1) is 0 Å². The number of hydrogen-bond acceptors (Lipinski definition) is 4. The molecular formula is C23H19ClN6O2. The Kier molecular flexibility index (Phi) is 5.20. The fourth-order valence-corrected chi connectivity index (χ4v) is 3.95. The molecule has 3 N–H and O–H groups in total. The average molecular weight is 447 g/mol. The van der Waals surface area contributed by atoms with Crippen molar-refractivity contribution in [2.24, 2.45) is 0 Å². The van der Waals surface area contributed by atoms with E-state index in [-0.39, 0.29) is 11.5 Å². The molecule has 0 saturated heterocycles. The van der Waals surface area contributed by atoms with E-state index in [1.807, 2.05) is 30.3 Å². The minimum Gasteiger partial charge on any atom is -0.308 e. The lowest BCUT2D eigenvalue weighted by Crippen LogP contribution is -2.23. The lowest BCUT2D eigenvalue weighted by atomic mass is 10.2. The second-order valence-electron chi connectivity index (χ2n) is 7.45. The van der Waals surface area contributed by atoms with Gasteiger partial charge in [0.2, 0.25) is 5.95 Å². The largest absolute Gasteiger partial charge is 0.324 e. The summed E-state index contributed by atoms with van der Waals surface area (Å²) < 4.78 is 1.44. The van der Waals surface area contributed by atoms with Gasteiger partial charge in [0, 0.05) is 27.9 Å². The Balaban J connectivity index is 1.52. The van der Waals surface area contributed by atoms with Crippen LogP contribution in [-0.2, 0) is 12.8 Å². The number of carbonyl (C=O) groups excluding carboxylic acids is 1. The number of aryl methyl sites for hydroxylation is 1. The second kappa shape index (κ2) is 8.32. The van der Waals surface area contributed by atoms with Crippen molar-refractivity contribution in [3.05, 3.63) is 87.3 Å². The molecule has 0 aliphatic heterocycles. The van der Waals surface area contributed by atoms with E-state index in [0.717, 1.165) is 36.1 Å². The SMILES string of the molecule is O=C(Nc1cccc(Cl)c1)Nc1cc(-c2ccccc2)nn1-c1nc2c(c(=O)[nH]1)CCC2. The molecule has 9 heteroatoms. The number of urea groups is 1. The number of fused-ring (bicyclic) bond motifs is 1. The maximum absolute atomic E-state index is 12.7. The number of benzene rings is 2. The summed E-state index contributed by atoms with van der Waals surface area (Å²) in [5.74, 6) is 0.625. The molecule has 0 spiro atoms. The highest BCUT2D eigenvalue weighted by Gasteiger charge is 2.21. The van der Waals surface area contributed by atoms with Crippen LogP contribution in [0.3, 0.4) is 0 Å². The topological polar surface area (TPSA) is 105 Å². The van der Waals surface area contributed by atoms with Gasteiger partial charge in [0.1, 0.15) is 5.82 Å². The highest BCUT2D eigenvalue weighted by molar-refractivity contribution is 6.30. The first-order valence-corrected chi connectivity index (χ1v) is 10.6. The van der Waals surface area contributed by atoms with Crippen LogP contribution in [0.5, 0.6) is 0 Å². The summed E-state index contributed by atoms with van der Waals surface area (Å²) in [7, 11) is 0. The first-order chi connectivity index (χ1) is 15.6. The number of H-pyrrole nitrogens is 1. The van der Waals surface area contributed by atoms with Crippen molar-refractivity contribution in [3.63, 3.8) is 0 Å². The second-order valence-corrected chi connectivity index (χ2v) is 7.89. The molecule has 1 aliphatic carbocycles. The summed E-state index contributed by atoms with van der Waals surface area (Å²) in [6.07, 6.45) is 2.37. The Morgan fingerprint density at radius 3 is 2.69 bits per heavy atom. The third-order valence-corrected chi connectivity index (χ3v) is 5.47. The van der Waals surface area contributed by atoms with Crippen LogP contribution in [0.4, 0.5) is 16.3 Å². The zero-order chi connectivity index (χ0) is 22.1. The molecular weight excluding hydrogens is 428 g/mol. The lowest BCUT2D eigenvalue weighted by Gasteiger charge is -2.10. The van der Waals surface area contributed by atoms with E-state index in [2.05, 4.69) is 25.7 Å². The van der Waals surface area contributed by atoms with E-state index in [1.165, 1.54) is 4.68 Å². The quantitative estimate of drug-likeness (QED) is 0.432. The third-order valence-electron chi connectivity index (χ3n) is 5.23. The van der Waals surface area contributed by atoms with Gasteiger partial charge in [-0.1, -0.05) is 48.0 Å². The van der Waals surface area contributed by atoms with Gasteiger partial charge in [0.05, 0.1) is 11.4 Å². The van der Waals surface area contributed by atoms with Crippen molar-refractivity contribution in [1.82, 2.24) is 19.7 Å². The van der Waals surface area contributed by atoms with Crippen molar-refractivity contribution < 1.29 is 4.79 Å². The molecule has 160 valence electrons. The van der Waals surface area contributed by atoms with Crippen LogP contribution in [0.2, 0.25) is 5.02 Å². The molecule has 0 radical (unpaired) electrons. The Labute approximate surface area is 188 Å². The number of nitrogens with one attached hydrogen (secondary N) is 3. The van der Waals surface area contributed by atoms with Gasteiger partial charge in [-0.05, 0) is 37.5 Å². The lowest BCUT2D eigenvalue weighted by molar-refractivity contribution is 0.262. The van der Waals surface area contributed by atoms with E-state index in [9.17, 15) is 9.59 Å². The van der Waals surface area contributed by atoms with Gasteiger partial charge < -0.3 is 5.32 Å². The van der Waals surface area contributed by atoms with Gasteiger partial charge in [-0.15, -0.1) is 0 Å². The highest BCUT2D eigenvalue weighted by Crippen LogP contribution is 2.25. The first-order valence-electron chi connectivity index (χ1n) is 10.2. The highest BCUT2D eigenvalue weighted by atomic mass is 35.5. The van der Waals surface area contributed by atoms with E-state index in [1.54, 1.807) is 30.3 Å². The number of halogens is 1. The van der Waals surface area contributed by atoms with Crippen molar-refractivity contribution >= 4 is 29.1 Å². The predicted molar refractivity (Wildman–Crippen MR) is 124 cm³/mol. The number of nitrogens with zero attached hydrogens (tertiary/aromatic N) is 3. The number of rotatable bonds is 4. The molecule has 2 amide bonds. The first kappa shape index (κ1) is 20.0. The van der Waals surface area contributed by atoms with E-state index in [0.29, 0.717) is 22.2 Å². The molecule has 5 rings (SSSR count). The van der Waals surface area contributed by atoms with E-state index < -0.39 is 6.03 Å². The number of carbonyl (C=O) groups is 1. The van der Waals surface area contributed by atoms with Crippen LogP contribution in [0.25, 0.3) is 17.2 Å². The van der Waals surface area contributed by atoms with Crippen LogP contribution < -0.4 is 16.2 Å². The zero-order valence-electron chi connectivity index (χ0n) is 16.9. The minimum atomic E-state index is -0.475. The maximum Gasteiger partial charge on any atom is 0.324 e. The molecule has 0 saturated carbocycles. The zero-order valence-corrected chi connectivity index (χ0v) is 17.7. The number of aromatic nitrogens is 4. The fourth-order valence-electron chi connectivity index (χ4n) is 3.76. The molecule has 0 unspecified atom stereocenters. The molecule has 0 atom stereocenters. The maximum atomic E-state index is 12.7. The summed E-state index contributed by atoms with van der Waals surface area (Å²) in [4.78, 5) is 32.6. The van der Waals surface area contributed by atoms with Gasteiger partial charge in [-0.25, -0.2) is 9.78 Å². The van der Waals surface area contributed by atoms with Crippen molar-refractivity contribution in [1.29, 1.82) is 0 Å². The molecule has 8 nitrogen and oxygen atoms in total. The van der Waals surface area contributed by atoms with Crippen LogP contribution in [0.15, 0.2) is 65.5 Å². The van der Waals surface area contributed by atoms with Gasteiger partial charge in [-0.2, -0.15) is 9.78 Å². The molecule has 2 aromatic carbocycles. The van der Waals surface area contributed by atoms with Crippen LogP contribution >= 0.6 is 11.6 Å². The van der Waals surface area contributed by atoms with E-state index >= 15 is 0 Å². The van der Waals surface area contributed by atoms with Gasteiger partial charge in [-0.3, -0.25) is 15.1 Å². The molecule has 1 aliphatic rings. The number of amides is 2. The Hall–Kier alpha value is -3.91. The summed E-state index contributed by atoms with van der Waals surface area (Å²) in [6.45, 7) is 0. The van der Waals surface area contributed by atoms with Gasteiger partial charge in [0.25, 0.3) is 5.56 Å². The standard InChI is InChI=1S/C23H19ClN6O2/c24-15-8-4-9-16(12-15)25-23(32)27-20-13-19(14-6-2-1-3-7-14)29-30(20)22-26-18-11-5-10-17(18)21(31)28-22/h1-4,6-9,12-13H,5,10-11H2,(H2,25,27,32)(H,26,28,31). The Morgan fingerprint density at radius 2 is 1.88 bits per heavy atom. The van der Waals surface area contributed by atoms with Crippen molar-refractivity contribution in [2.75, 3.05) is 10.6 Å². The average Bonchev–Trinajstić information content (AvgIpc) is 3.42. The van der Waals surface area contributed by atoms with E-state index in [4.69, 9.17) is 11.6 Å². The van der Waals surface area contributed by atoms with Gasteiger partial charge >= 0.3 is 6.03 Å². The smallest absolute Gasteiger partial charge is 0.308 e. The number of hydrogen-bond donors (Lipinski definition) is 3. The Morgan fingerprint density at radius 1 is 1.03 bits per heavy atom. The van der Waals surface area contributed by atoms with Crippen LogP contribution in [0.1, 0.15) is 17.7 Å². The molecule has 4 aromatic rings. The van der Waals surface area contributed by atoms with Crippen molar-refractivity contribution in [2.45, 2.75) is 19.3 Å². The molecule has 2 aromatic heterocycles. The van der Waals surface area contributed by atoms with Crippen molar-refractivity contribution in [3.8, 4) is 17.2 Å². The summed E-state index contributed by atoms with van der Waals surface area (Å²) in [5, 5.41) is 10.7. The fraction of sp³-hybridized carbons (Fsp3) is 0.130. The van der Waals surface area contributed by atoms with Gasteiger partial charge in [0.15, 0.2) is 0 Å². The normalized spacial score (nSPS) is 12.4. The Bertz CT molecular complexity index is 1360. The molecule has 0 fully saturated rings. The monoisotopic (exact) mass is 446 g/mol. The minimum absolute atomic E-state index is 0.173. The number of anilines is 2.